The van der Waals surface area contributed by atoms with Crippen LogP contribution >= 0.6 is 11.3 Å². The van der Waals surface area contributed by atoms with Crippen molar-refractivity contribution in [2.75, 3.05) is 19.7 Å². The number of carbonyl (C=O) groups is 1. The fourth-order valence-electron chi connectivity index (χ4n) is 2.25. The number of aryl methyl sites for hydroxylation is 1. The molecule has 1 fully saturated rings. The third-order valence-corrected chi connectivity index (χ3v) is 4.36. The second-order valence-corrected chi connectivity index (χ2v) is 6.07. The fourth-order valence-corrected chi connectivity index (χ4v) is 3.00. The Hall–Kier alpha value is -0.910. The molecule has 2 heterocycles. The lowest BCUT2D eigenvalue weighted by atomic mass is 10.1. The number of thiophene rings is 1. The third kappa shape index (κ3) is 4.30. The molecule has 2 unspecified atom stereocenters. The molecule has 0 bridgehead atoms. The van der Waals surface area contributed by atoms with Crippen molar-refractivity contribution in [1.82, 2.24) is 4.90 Å². The maximum atomic E-state index is 12.1. The average Bonchev–Trinajstić information content (AvgIpc) is 2.92. The number of carbonyl (C=O) groups excluding carboxylic acids is 1. The minimum absolute atomic E-state index is 0.0185. The second kappa shape index (κ2) is 7.03. The summed E-state index contributed by atoms with van der Waals surface area (Å²) in [5, 5.41) is 2.08. The van der Waals surface area contributed by atoms with Crippen LogP contribution in [0, 0.1) is 0 Å². The standard InChI is InChI=1S/C14H22N2O2S/c1-11(15)13-10-16(7-8-18-13)14(17)6-2-4-12-5-3-9-19-12/h3,5,9,11,13H,2,4,6-8,10,15H2,1H3. The predicted octanol–water partition coefficient (Wildman–Crippen LogP) is 1.65. The van der Waals surface area contributed by atoms with Gasteiger partial charge in [0.25, 0.3) is 0 Å². The largest absolute Gasteiger partial charge is 0.373 e. The number of hydrogen-bond donors (Lipinski definition) is 1. The van der Waals surface area contributed by atoms with Crippen molar-refractivity contribution in [3.8, 4) is 0 Å². The summed E-state index contributed by atoms with van der Waals surface area (Å²) in [6.07, 6.45) is 2.50. The SMILES string of the molecule is CC(N)C1CN(C(=O)CCCc2cccs2)CCO1. The summed E-state index contributed by atoms with van der Waals surface area (Å²) < 4.78 is 5.57. The van der Waals surface area contributed by atoms with Crippen LogP contribution in [0.3, 0.4) is 0 Å². The van der Waals surface area contributed by atoms with Crippen LogP contribution in [0.1, 0.15) is 24.6 Å². The number of rotatable bonds is 5. The van der Waals surface area contributed by atoms with E-state index in [9.17, 15) is 4.79 Å². The van der Waals surface area contributed by atoms with Gasteiger partial charge in [0.15, 0.2) is 0 Å². The Morgan fingerprint density at radius 3 is 3.21 bits per heavy atom. The van der Waals surface area contributed by atoms with Gasteiger partial charge in [-0.2, -0.15) is 0 Å². The summed E-state index contributed by atoms with van der Waals surface area (Å²) in [6, 6.07) is 4.15. The van der Waals surface area contributed by atoms with E-state index in [0.717, 1.165) is 12.8 Å². The zero-order chi connectivity index (χ0) is 13.7. The molecular formula is C14H22N2O2S. The van der Waals surface area contributed by atoms with Crippen LogP contribution < -0.4 is 5.73 Å². The zero-order valence-corrected chi connectivity index (χ0v) is 12.2. The third-order valence-electron chi connectivity index (χ3n) is 3.43. The van der Waals surface area contributed by atoms with Crippen LogP contribution in [0.2, 0.25) is 0 Å². The average molecular weight is 282 g/mol. The highest BCUT2D eigenvalue weighted by atomic mass is 32.1. The fraction of sp³-hybridized carbons (Fsp3) is 0.643. The molecule has 1 saturated heterocycles. The summed E-state index contributed by atoms with van der Waals surface area (Å²) >= 11 is 1.75. The van der Waals surface area contributed by atoms with Crippen molar-refractivity contribution in [2.24, 2.45) is 5.73 Å². The van der Waals surface area contributed by atoms with Gasteiger partial charge in [-0.05, 0) is 31.2 Å². The molecule has 2 N–H and O–H groups in total. The van der Waals surface area contributed by atoms with Crippen LogP contribution in [0.4, 0.5) is 0 Å². The first-order valence-corrected chi connectivity index (χ1v) is 7.72. The van der Waals surface area contributed by atoms with Gasteiger partial charge in [-0.1, -0.05) is 6.07 Å². The molecule has 0 aromatic carbocycles. The molecule has 1 aliphatic rings. The second-order valence-electron chi connectivity index (χ2n) is 5.04. The lowest BCUT2D eigenvalue weighted by molar-refractivity contribution is -0.139. The first kappa shape index (κ1) is 14.5. The normalized spacial score (nSPS) is 21.4. The van der Waals surface area contributed by atoms with E-state index in [1.807, 2.05) is 11.8 Å². The smallest absolute Gasteiger partial charge is 0.222 e. The van der Waals surface area contributed by atoms with Gasteiger partial charge in [0, 0.05) is 30.4 Å². The molecule has 1 amide bonds. The van der Waals surface area contributed by atoms with Gasteiger partial charge in [0.1, 0.15) is 0 Å². The molecule has 5 heteroatoms. The summed E-state index contributed by atoms with van der Waals surface area (Å²) in [5.41, 5.74) is 5.83. The minimum Gasteiger partial charge on any atom is -0.373 e. The molecular weight excluding hydrogens is 260 g/mol. The van der Waals surface area contributed by atoms with Crippen LogP contribution in [0.25, 0.3) is 0 Å². The van der Waals surface area contributed by atoms with Crippen molar-refractivity contribution in [3.63, 3.8) is 0 Å². The van der Waals surface area contributed by atoms with E-state index in [1.54, 1.807) is 11.3 Å². The lowest BCUT2D eigenvalue weighted by Gasteiger charge is -2.34. The zero-order valence-electron chi connectivity index (χ0n) is 11.4. The molecule has 2 atom stereocenters. The lowest BCUT2D eigenvalue weighted by Crippen LogP contribution is -2.51. The first-order chi connectivity index (χ1) is 9.16. The Morgan fingerprint density at radius 1 is 1.68 bits per heavy atom. The monoisotopic (exact) mass is 282 g/mol. The molecule has 4 nitrogen and oxygen atoms in total. The van der Waals surface area contributed by atoms with E-state index in [-0.39, 0.29) is 18.1 Å². The molecule has 1 aromatic heterocycles. The van der Waals surface area contributed by atoms with Crippen molar-refractivity contribution >= 4 is 17.2 Å². The Balaban J connectivity index is 1.73. The quantitative estimate of drug-likeness (QED) is 0.893. The maximum absolute atomic E-state index is 12.1. The number of amides is 1. The number of nitrogens with zero attached hydrogens (tertiary/aromatic N) is 1. The van der Waals surface area contributed by atoms with Crippen LogP contribution in [0.15, 0.2) is 17.5 Å². The van der Waals surface area contributed by atoms with Gasteiger partial charge in [-0.25, -0.2) is 0 Å². The van der Waals surface area contributed by atoms with Crippen molar-refractivity contribution < 1.29 is 9.53 Å². The Bertz CT molecular complexity index is 392. The van der Waals surface area contributed by atoms with E-state index in [1.165, 1.54) is 4.88 Å². The van der Waals surface area contributed by atoms with Gasteiger partial charge in [0.05, 0.1) is 12.7 Å². The summed E-state index contributed by atoms with van der Waals surface area (Å²) in [4.78, 5) is 15.4. The highest BCUT2D eigenvalue weighted by Crippen LogP contribution is 2.14. The van der Waals surface area contributed by atoms with E-state index < -0.39 is 0 Å². The van der Waals surface area contributed by atoms with Crippen molar-refractivity contribution in [2.45, 2.75) is 38.3 Å². The van der Waals surface area contributed by atoms with E-state index in [4.69, 9.17) is 10.5 Å². The molecule has 0 saturated carbocycles. The van der Waals surface area contributed by atoms with E-state index >= 15 is 0 Å². The molecule has 0 radical (unpaired) electrons. The summed E-state index contributed by atoms with van der Waals surface area (Å²) in [7, 11) is 0. The van der Waals surface area contributed by atoms with Gasteiger partial charge in [-0.3, -0.25) is 4.79 Å². The highest BCUT2D eigenvalue weighted by Gasteiger charge is 2.25. The van der Waals surface area contributed by atoms with Gasteiger partial charge in [0.2, 0.25) is 5.91 Å². The van der Waals surface area contributed by atoms with Gasteiger partial charge in [-0.15, -0.1) is 11.3 Å². The van der Waals surface area contributed by atoms with Gasteiger partial charge < -0.3 is 15.4 Å². The molecule has 0 aliphatic carbocycles. The summed E-state index contributed by atoms with van der Waals surface area (Å²) in [5.74, 6) is 0.227. The molecule has 1 aliphatic heterocycles. The first-order valence-electron chi connectivity index (χ1n) is 6.84. The molecule has 19 heavy (non-hydrogen) atoms. The molecule has 1 aromatic rings. The molecule has 106 valence electrons. The van der Waals surface area contributed by atoms with E-state index in [2.05, 4.69) is 17.5 Å². The minimum atomic E-state index is -0.0262. The van der Waals surface area contributed by atoms with Crippen molar-refractivity contribution in [3.05, 3.63) is 22.4 Å². The Morgan fingerprint density at radius 2 is 2.53 bits per heavy atom. The van der Waals surface area contributed by atoms with Crippen LogP contribution in [0.5, 0.6) is 0 Å². The topological polar surface area (TPSA) is 55.6 Å². The Kier molecular flexibility index (Phi) is 5.36. The number of morpholine rings is 1. The van der Waals surface area contributed by atoms with Gasteiger partial charge >= 0.3 is 0 Å². The van der Waals surface area contributed by atoms with Crippen molar-refractivity contribution in [1.29, 1.82) is 0 Å². The maximum Gasteiger partial charge on any atom is 0.222 e. The number of ether oxygens (including phenoxy) is 1. The van der Waals surface area contributed by atoms with E-state index in [0.29, 0.717) is 26.1 Å². The number of hydrogen-bond acceptors (Lipinski definition) is 4. The Labute approximate surface area is 118 Å². The predicted molar refractivity (Wildman–Crippen MR) is 77.2 cm³/mol. The van der Waals surface area contributed by atoms with Crippen LogP contribution in [-0.4, -0.2) is 42.6 Å². The highest BCUT2D eigenvalue weighted by molar-refractivity contribution is 7.09. The molecule has 0 spiro atoms. The number of nitrogens with two attached hydrogens (primary N) is 1. The molecule has 2 rings (SSSR count). The van der Waals surface area contributed by atoms with Crippen LogP contribution in [-0.2, 0) is 16.0 Å². The summed E-state index contributed by atoms with van der Waals surface area (Å²) in [6.45, 7) is 3.86.